The lowest BCUT2D eigenvalue weighted by Gasteiger charge is -2.18. The van der Waals surface area contributed by atoms with Gasteiger partial charge >= 0.3 is 0 Å². The zero-order chi connectivity index (χ0) is 12.1. The SMILES string of the molecule is COc1cc(N(C)C)ccc1C(N)CCO. The van der Waals surface area contributed by atoms with Crippen molar-refractivity contribution in [1.29, 1.82) is 0 Å². The molecule has 0 radical (unpaired) electrons. The molecule has 16 heavy (non-hydrogen) atoms. The van der Waals surface area contributed by atoms with E-state index in [1.165, 1.54) is 0 Å². The average molecular weight is 224 g/mol. The molecule has 3 N–H and O–H groups in total. The maximum atomic E-state index is 8.88. The summed E-state index contributed by atoms with van der Waals surface area (Å²) >= 11 is 0. The molecule has 0 saturated carbocycles. The van der Waals surface area contributed by atoms with E-state index in [4.69, 9.17) is 15.6 Å². The van der Waals surface area contributed by atoms with Crippen LogP contribution in [0.3, 0.4) is 0 Å². The zero-order valence-corrected chi connectivity index (χ0v) is 10.1. The summed E-state index contributed by atoms with van der Waals surface area (Å²) < 4.78 is 5.32. The van der Waals surface area contributed by atoms with Crippen LogP contribution in [-0.4, -0.2) is 32.9 Å². The Morgan fingerprint density at radius 3 is 2.62 bits per heavy atom. The van der Waals surface area contributed by atoms with Crippen LogP contribution in [-0.2, 0) is 0 Å². The van der Waals surface area contributed by atoms with Crippen LogP contribution in [0.4, 0.5) is 5.69 Å². The molecule has 0 aliphatic carbocycles. The van der Waals surface area contributed by atoms with E-state index >= 15 is 0 Å². The van der Waals surface area contributed by atoms with E-state index in [9.17, 15) is 0 Å². The third-order valence-electron chi connectivity index (χ3n) is 2.57. The smallest absolute Gasteiger partial charge is 0.125 e. The fourth-order valence-electron chi connectivity index (χ4n) is 1.58. The summed E-state index contributed by atoms with van der Waals surface area (Å²) in [5.41, 5.74) is 7.95. The second-order valence-corrected chi connectivity index (χ2v) is 3.94. The first-order valence-corrected chi connectivity index (χ1v) is 5.31. The zero-order valence-electron chi connectivity index (χ0n) is 10.1. The van der Waals surface area contributed by atoms with Gasteiger partial charge in [-0.25, -0.2) is 0 Å². The molecular formula is C12H20N2O2. The number of anilines is 1. The van der Waals surface area contributed by atoms with Gasteiger partial charge in [-0.15, -0.1) is 0 Å². The third-order valence-corrected chi connectivity index (χ3v) is 2.57. The lowest BCUT2D eigenvalue weighted by molar-refractivity contribution is 0.275. The number of benzene rings is 1. The average Bonchev–Trinajstić information content (AvgIpc) is 2.28. The number of nitrogens with two attached hydrogens (primary N) is 1. The van der Waals surface area contributed by atoms with E-state index in [2.05, 4.69) is 0 Å². The van der Waals surface area contributed by atoms with Crippen molar-refractivity contribution in [3.8, 4) is 5.75 Å². The lowest BCUT2D eigenvalue weighted by atomic mass is 10.0. The highest BCUT2D eigenvalue weighted by molar-refractivity contribution is 5.53. The molecule has 0 bridgehead atoms. The second-order valence-electron chi connectivity index (χ2n) is 3.94. The van der Waals surface area contributed by atoms with Crippen molar-refractivity contribution in [3.05, 3.63) is 23.8 Å². The molecule has 0 fully saturated rings. The van der Waals surface area contributed by atoms with E-state index < -0.39 is 0 Å². The summed E-state index contributed by atoms with van der Waals surface area (Å²) in [5, 5.41) is 8.88. The molecule has 1 aromatic rings. The maximum Gasteiger partial charge on any atom is 0.125 e. The van der Waals surface area contributed by atoms with Gasteiger partial charge in [0, 0.05) is 44.1 Å². The van der Waals surface area contributed by atoms with Gasteiger partial charge in [0.1, 0.15) is 5.75 Å². The van der Waals surface area contributed by atoms with Gasteiger partial charge < -0.3 is 20.5 Å². The van der Waals surface area contributed by atoms with Crippen LogP contribution >= 0.6 is 0 Å². The number of aliphatic hydroxyl groups is 1. The Bertz CT molecular complexity index is 340. The Hall–Kier alpha value is -1.26. The van der Waals surface area contributed by atoms with Gasteiger partial charge in [0.2, 0.25) is 0 Å². The number of nitrogens with zero attached hydrogens (tertiary/aromatic N) is 1. The Kier molecular flexibility index (Phi) is 4.58. The van der Waals surface area contributed by atoms with Crippen LogP contribution < -0.4 is 15.4 Å². The predicted octanol–water partition coefficient (Wildman–Crippen LogP) is 1.14. The summed E-state index contributed by atoms with van der Waals surface area (Å²) in [5.74, 6) is 0.771. The molecule has 0 aliphatic rings. The number of hydrogen-bond acceptors (Lipinski definition) is 4. The van der Waals surface area contributed by atoms with Gasteiger partial charge in [0.05, 0.1) is 7.11 Å². The molecule has 1 unspecified atom stereocenters. The quantitative estimate of drug-likeness (QED) is 0.787. The summed E-state index contributed by atoms with van der Waals surface area (Å²) in [6.45, 7) is 0.0831. The van der Waals surface area contributed by atoms with Gasteiger partial charge in [-0.05, 0) is 12.5 Å². The molecular weight excluding hydrogens is 204 g/mol. The number of aliphatic hydroxyl groups excluding tert-OH is 1. The standard InChI is InChI=1S/C12H20N2O2/c1-14(2)9-4-5-10(11(13)6-7-15)12(8-9)16-3/h4-5,8,11,15H,6-7,13H2,1-3H3. The Balaban J connectivity index is 3.01. The molecule has 4 heteroatoms. The molecule has 0 aliphatic heterocycles. The van der Waals surface area contributed by atoms with Crippen LogP contribution in [0, 0.1) is 0 Å². The van der Waals surface area contributed by atoms with Crippen molar-refractivity contribution in [2.24, 2.45) is 5.73 Å². The van der Waals surface area contributed by atoms with Gasteiger partial charge in [-0.2, -0.15) is 0 Å². The van der Waals surface area contributed by atoms with Crippen molar-refractivity contribution in [3.63, 3.8) is 0 Å². The molecule has 1 rings (SSSR count). The van der Waals surface area contributed by atoms with Crippen molar-refractivity contribution in [2.45, 2.75) is 12.5 Å². The van der Waals surface area contributed by atoms with Gasteiger partial charge in [-0.3, -0.25) is 0 Å². The summed E-state index contributed by atoms with van der Waals surface area (Å²) in [6.07, 6.45) is 0.539. The molecule has 4 nitrogen and oxygen atoms in total. The van der Waals surface area contributed by atoms with E-state index in [0.717, 1.165) is 17.0 Å². The van der Waals surface area contributed by atoms with Crippen LogP contribution in [0.1, 0.15) is 18.0 Å². The number of hydrogen-bond donors (Lipinski definition) is 2. The van der Waals surface area contributed by atoms with Crippen molar-refractivity contribution >= 4 is 5.69 Å². The number of methoxy groups -OCH3 is 1. The summed E-state index contributed by atoms with van der Waals surface area (Å²) in [7, 11) is 5.58. The van der Waals surface area contributed by atoms with E-state index in [-0.39, 0.29) is 12.6 Å². The van der Waals surface area contributed by atoms with E-state index in [1.54, 1.807) is 7.11 Å². The number of ether oxygens (including phenoxy) is 1. The van der Waals surface area contributed by atoms with Crippen LogP contribution in [0.5, 0.6) is 5.75 Å². The molecule has 1 atom stereocenters. The monoisotopic (exact) mass is 224 g/mol. The fourth-order valence-corrected chi connectivity index (χ4v) is 1.58. The van der Waals surface area contributed by atoms with E-state index in [1.807, 2.05) is 37.2 Å². The topological polar surface area (TPSA) is 58.7 Å². The minimum atomic E-state index is -0.184. The molecule has 0 spiro atoms. The molecule has 0 saturated heterocycles. The minimum Gasteiger partial charge on any atom is -0.496 e. The van der Waals surface area contributed by atoms with Gasteiger partial charge in [0.15, 0.2) is 0 Å². The summed E-state index contributed by atoms with van der Waals surface area (Å²) in [6, 6.07) is 5.71. The fraction of sp³-hybridized carbons (Fsp3) is 0.500. The first-order chi connectivity index (χ1) is 7.60. The maximum absolute atomic E-state index is 8.88. The molecule has 0 amide bonds. The van der Waals surface area contributed by atoms with Gasteiger partial charge in [-0.1, -0.05) is 6.07 Å². The van der Waals surface area contributed by atoms with Crippen LogP contribution in [0.25, 0.3) is 0 Å². The third kappa shape index (κ3) is 2.87. The number of rotatable bonds is 5. The highest BCUT2D eigenvalue weighted by Gasteiger charge is 2.12. The first-order valence-electron chi connectivity index (χ1n) is 5.31. The first kappa shape index (κ1) is 12.8. The largest absolute Gasteiger partial charge is 0.496 e. The van der Waals surface area contributed by atoms with Crippen molar-refractivity contribution in [2.75, 3.05) is 32.7 Å². The van der Waals surface area contributed by atoms with Gasteiger partial charge in [0.25, 0.3) is 0 Å². The molecule has 0 heterocycles. The molecule has 1 aromatic carbocycles. The Morgan fingerprint density at radius 2 is 2.12 bits per heavy atom. The summed E-state index contributed by atoms with van der Waals surface area (Å²) in [4.78, 5) is 2.00. The Morgan fingerprint density at radius 1 is 1.44 bits per heavy atom. The molecule has 90 valence electrons. The normalized spacial score (nSPS) is 12.3. The van der Waals surface area contributed by atoms with E-state index in [0.29, 0.717) is 6.42 Å². The highest BCUT2D eigenvalue weighted by Crippen LogP contribution is 2.29. The highest BCUT2D eigenvalue weighted by atomic mass is 16.5. The molecule has 0 aromatic heterocycles. The van der Waals surface area contributed by atoms with Crippen LogP contribution in [0.15, 0.2) is 18.2 Å². The predicted molar refractivity (Wildman–Crippen MR) is 66.0 cm³/mol. The Labute approximate surface area is 96.6 Å². The second kappa shape index (κ2) is 5.72. The minimum absolute atomic E-state index is 0.0831. The lowest BCUT2D eigenvalue weighted by Crippen LogP contribution is -2.14. The van der Waals surface area contributed by atoms with Crippen LogP contribution in [0.2, 0.25) is 0 Å². The van der Waals surface area contributed by atoms with Crippen molar-refractivity contribution < 1.29 is 9.84 Å². The van der Waals surface area contributed by atoms with Crippen molar-refractivity contribution in [1.82, 2.24) is 0 Å².